The highest BCUT2D eigenvalue weighted by Gasteiger charge is 2.09. The molecule has 1 aromatic carbocycles. The number of nitrogens with one attached hydrogen (secondary N) is 1. The second-order valence-electron chi connectivity index (χ2n) is 4.52. The molecule has 1 atom stereocenters. The number of methoxy groups -OCH3 is 1. The van der Waals surface area contributed by atoms with Crippen molar-refractivity contribution in [1.82, 2.24) is 5.32 Å². The molecule has 0 spiro atoms. The van der Waals surface area contributed by atoms with Crippen LogP contribution in [-0.2, 0) is 11.2 Å². The number of carbonyl (C=O) groups is 1. The number of amides is 1. The van der Waals surface area contributed by atoms with Gasteiger partial charge in [-0.15, -0.1) is 0 Å². The van der Waals surface area contributed by atoms with Crippen molar-refractivity contribution in [1.29, 1.82) is 0 Å². The lowest BCUT2D eigenvalue weighted by Gasteiger charge is -2.17. The Morgan fingerprint density at radius 1 is 1.37 bits per heavy atom. The molecular formula is C15H23NO3. The molecular weight excluding hydrogens is 242 g/mol. The van der Waals surface area contributed by atoms with Crippen LogP contribution in [0.5, 0.6) is 11.5 Å². The minimum absolute atomic E-state index is 0.182. The normalized spacial score (nSPS) is 11.7. The van der Waals surface area contributed by atoms with E-state index in [2.05, 4.69) is 19.2 Å². The summed E-state index contributed by atoms with van der Waals surface area (Å²) in [4.78, 5) is 10.2. The van der Waals surface area contributed by atoms with E-state index >= 15 is 0 Å². The molecule has 1 aromatic rings. The molecule has 0 aliphatic carbocycles. The summed E-state index contributed by atoms with van der Waals surface area (Å²) < 4.78 is 11.2. The summed E-state index contributed by atoms with van der Waals surface area (Å²) in [5, 5.41) is 2.65. The minimum atomic E-state index is 0.182. The number of hydrogen-bond acceptors (Lipinski definition) is 3. The molecule has 0 saturated heterocycles. The van der Waals surface area contributed by atoms with E-state index in [-0.39, 0.29) is 6.10 Å². The second kappa shape index (κ2) is 8.40. The van der Waals surface area contributed by atoms with Crippen molar-refractivity contribution < 1.29 is 14.3 Å². The lowest BCUT2D eigenvalue weighted by molar-refractivity contribution is -0.109. The van der Waals surface area contributed by atoms with Crippen LogP contribution in [-0.4, -0.2) is 26.2 Å². The maximum absolute atomic E-state index is 10.2. The van der Waals surface area contributed by atoms with Crippen LogP contribution in [0.3, 0.4) is 0 Å². The monoisotopic (exact) mass is 265 g/mol. The molecule has 4 heteroatoms. The zero-order valence-corrected chi connectivity index (χ0v) is 11.9. The van der Waals surface area contributed by atoms with Gasteiger partial charge in [0.05, 0.1) is 13.2 Å². The summed E-state index contributed by atoms with van der Waals surface area (Å²) in [5.41, 5.74) is 1.11. The number of benzene rings is 1. The molecule has 4 nitrogen and oxygen atoms in total. The minimum Gasteiger partial charge on any atom is -0.493 e. The van der Waals surface area contributed by atoms with E-state index in [4.69, 9.17) is 9.47 Å². The van der Waals surface area contributed by atoms with E-state index in [1.807, 2.05) is 18.2 Å². The van der Waals surface area contributed by atoms with Crippen LogP contribution < -0.4 is 14.8 Å². The van der Waals surface area contributed by atoms with Crippen molar-refractivity contribution in [2.75, 3.05) is 13.7 Å². The summed E-state index contributed by atoms with van der Waals surface area (Å²) in [6, 6.07) is 5.89. The van der Waals surface area contributed by atoms with E-state index in [1.54, 1.807) is 7.11 Å². The average molecular weight is 265 g/mol. The molecule has 0 heterocycles. The van der Waals surface area contributed by atoms with Crippen LogP contribution in [0.1, 0.15) is 32.3 Å². The van der Waals surface area contributed by atoms with E-state index in [9.17, 15) is 4.79 Å². The van der Waals surface area contributed by atoms with Gasteiger partial charge >= 0.3 is 0 Å². The van der Waals surface area contributed by atoms with Crippen LogP contribution in [0, 0.1) is 0 Å². The fraction of sp³-hybridized carbons (Fsp3) is 0.533. The molecule has 106 valence electrons. The van der Waals surface area contributed by atoms with E-state index < -0.39 is 0 Å². The second-order valence-corrected chi connectivity index (χ2v) is 4.52. The molecule has 1 rings (SSSR count). The van der Waals surface area contributed by atoms with Crippen molar-refractivity contribution >= 4 is 6.41 Å². The Balaban J connectivity index is 2.69. The van der Waals surface area contributed by atoms with Crippen molar-refractivity contribution in [3.05, 3.63) is 23.8 Å². The highest BCUT2D eigenvalue weighted by atomic mass is 16.5. The lowest BCUT2D eigenvalue weighted by Crippen LogP contribution is -2.14. The molecule has 0 aromatic heterocycles. The van der Waals surface area contributed by atoms with Gasteiger partial charge in [0.1, 0.15) is 0 Å². The van der Waals surface area contributed by atoms with Crippen LogP contribution in [0.2, 0.25) is 0 Å². The van der Waals surface area contributed by atoms with Gasteiger partial charge < -0.3 is 14.8 Å². The molecule has 0 radical (unpaired) electrons. The molecule has 1 unspecified atom stereocenters. The first-order chi connectivity index (χ1) is 9.21. The van der Waals surface area contributed by atoms with Gasteiger partial charge in [-0.05, 0) is 37.5 Å². The Labute approximate surface area is 115 Å². The van der Waals surface area contributed by atoms with Gasteiger partial charge in [-0.2, -0.15) is 0 Å². The number of rotatable bonds is 9. The van der Waals surface area contributed by atoms with Crippen molar-refractivity contribution in [2.24, 2.45) is 0 Å². The number of ether oxygens (including phenoxy) is 2. The summed E-state index contributed by atoms with van der Waals surface area (Å²) >= 11 is 0. The average Bonchev–Trinajstić information content (AvgIpc) is 2.41. The van der Waals surface area contributed by atoms with Gasteiger partial charge in [-0.3, -0.25) is 4.79 Å². The summed E-state index contributed by atoms with van der Waals surface area (Å²) in [6.07, 6.45) is 3.79. The number of hydrogen-bond donors (Lipinski definition) is 1. The molecule has 0 saturated carbocycles. The standard InChI is InChI=1S/C15H23NO3/c1-4-5-12(2)19-14-7-6-13(8-9-16-11-17)10-15(14)18-3/h6-7,10-12H,4-5,8-9H2,1-3H3,(H,16,17). The Morgan fingerprint density at radius 2 is 2.16 bits per heavy atom. The zero-order valence-electron chi connectivity index (χ0n) is 11.9. The summed E-state index contributed by atoms with van der Waals surface area (Å²) in [7, 11) is 1.64. The maximum atomic E-state index is 10.2. The van der Waals surface area contributed by atoms with Gasteiger partial charge in [0, 0.05) is 6.54 Å². The summed E-state index contributed by atoms with van der Waals surface area (Å²) in [5.74, 6) is 1.52. The first-order valence-electron chi connectivity index (χ1n) is 6.71. The topological polar surface area (TPSA) is 47.6 Å². The molecule has 19 heavy (non-hydrogen) atoms. The Bertz CT molecular complexity index is 393. The highest BCUT2D eigenvalue weighted by Crippen LogP contribution is 2.29. The number of carbonyl (C=O) groups excluding carboxylic acids is 1. The van der Waals surface area contributed by atoms with Gasteiger partial charge in [0.15, 0.2) is 11.5 Å². The van der Waals surface area contributed by atoms with E-state index in [1.165, 1.54) is 0 Å². The van der Waals surface area contributed by atoms with Crippen molar-refractivity contribution in [3.63, 3.8) is 0 Å². The summed E-state index contributed by atoms with van der Waals surface area (Å²) in [6.45, 7) is 4.82. The third-order valence-electron chi connectivity index (χ3n) is 2.89. The zero-order chi connectivity index (χ0) is 14.1. The van der Waals surface area contributed by atoms with Gasteiger partial charge in [-0.25, -0.2) is 0 Å². The van der Waals surface area contributed by atoms with Gasteiger partial charge in [0.2, 0.25) is 6.41 Å². The van der Waals surface area contributed by atoms with E-state index in [0.29, 0.717) is 13.0 Å². The SMILES string of the molecule is CCCC(C)Oc1ccc(CCNC=O)cc1OC. The molecule has 0 aliphatic rings. The smallest absolute Gasteiger partial charge is 0.207 e. The van der Waals surface area contributed by atoms with Gasteiger partial charge in [-0.1, -0.05) is 19.4 Å². The molecule has 0 aliphatic heterocycles. The molecule has 1 amide bonds. The van der Waals surface area contributed by atoms with Crippen LogP contribution in [0.15, 0.2) is 18.2 Å². The maximum Gasteiger partial charge on any atom is 0.207 e. The largest absolute Gasteiger partial charge is 0.493 e. The first-order valence-corrected chi connectivity index (χ1v) is 6.71. The molecule has 0 fully saturated rings. The lowest BCUT2D eigenvalue weighted by atomic mass is 10.1. The predicted molar refractivity (Wildman–Crippen MR) is 75.8 cm³/mol. The Kier molecular flexibility index (Phi) is 6.79. The third-order valence-corrected chi connectivity index (χ3v) is 2.89. The Hall–Kier alpha value is -1.71. The van der Waals surface area contributed by atoms with Crippen molar-refractivity contribution in [2.45, 2.75) is 39.2 Å². The fourth-order valence-electron chi connectivity index (χ4n) is 1.92. The fourth-order valence-corrected chi connectivity index (χ4v) is 1.92. The predicted octanol–water partition coefficient (Wildman–Crippen LogP) is 2.55. The Morgan fingerprint density at radius 3 is 2.79 bits per heavy atom. The molecule has 1 N–H and O–H groups in total. The first kappa shape index (κ1) is 15.3. The van der Waals surface area contributed by atoms with E-state index in [0.717, 1.165) is 36.3 Å². The molecule has 0 bridgehead atoms. The van der Waals surface area contributed by atoms with Crippen molar-refractivity contribution in [3.8, 4) is 11.5 Å². The van der Waals surface area contributed by atoms with Crippen LogP contribution in [0.25, 0.3) is 0 Å². The quantitative estimate of drug-likeness (QED) is 0.551. The highest BCUT2D eigenvalue weighted by molar-refractivity contribution is 5.46. The van der Waals surface area contributed by atoms with Crippen LogP contribution >= 0.6 is 0 Å². The third kappa shape index (κ3) is 5.20. The van der Waals surface area contributed by atoms with Gasteiger partial charge in [0.25, 0.3) is 0 Å². The van der Waals surface area contributed by atoms with Crippen LogP contribution in [0.4, 0.5) is 0 Å².